The fraction of sp³-hybridized carbons (Fsp3) is 0.318. The molecule has 0 N–H and O–H groups in total. The number of anilines is 1. The Morgan fingerprint density at radius 2 is 1.69 bits per heavy atom. The van der Waals surface area contributed by atoms with Gasteiger partial charge in [0.15, 0.2) is 10.9 Å². The second-order valence-corrected chi connectivity index (χ2v) is 8.13. The average molecular weight is 412 g/mol. The molecule has 0 saturated carbocycles. The molecule has 0 fully saturated rings. The Kier molecular flexibility index (Phi) is 6.30. The van der Waals surface area contributed by atoms with Crippen molar-refractivity contribution in [2.45, 2.75) is 13.8 Å². The third-order valence-corrected chi connectivity index (χ3v) is 5.91. The number of amides is 1. The van der Waals surface area contributed by atoms with Crippen LogP contribution in [0.3, 0.4) is 0 Å². The number of thiazole rings is 1. The molecule has 1 aromatic heterocycles. The predicted octanol–water partition coefficient (Wildman–Crippen LogP) is 4.02. The predicted molar refractivity (Wildman–Crippen MR) is 118 cm³/mol. The number of aromatic nitrogens is 1. The van der Waals surface area contributed by atoms with Crippen LogP contribution in [0.2, 0.25) is 0 Å². The summed E-state index contributed by atoms with van der Waals surface area (Å²) in [7, 11) is 5.56. The number of hydrogen-bond acceptors (Lipinski definition) is 6. The summed E-state index contributed by atoms with van der Waals surface area (Å²) in [5, 5.41) is 0.634. The van der Waals surface area contributed by atoms with E-state index in [1.807, 2.05) is 38.1 Å². The number of ketones is 1. The number of rotatable bonds is 7. The first-order valence-corrected chi connectivity index (χ1v) is 10.1. The molecule has 1 heterocycles. The van der Waals surface area contributed by atoms with Crippen molar-refractivity contribution < 1.29 is 14.3 Å². The quantitative estimate of drug-likeness (QED) is 0.550. The van der Waals surface area contributed by atoms with Crippen LogP contribution in [0.25, 0.3) is 10.2 Å². The third-order valence-electron chi connectivity index (χ3n) is 4.70. The first kappa shape index (κ1) is 21.0. The normalized spacial score (nSPS) is 11.1. The molecule has 3 aromatic rings. The summed E-state index contributed by atoms with van der Waals surface area (Å²) < 4.78 is 6.46. The number of benzene rings is 2. The maximum Gasteiger partial charge on any atom is 0.260 e. The lowest BCUT2D eigenvalue weighted by Crippen LogP contribution is -2.36. The third kappa shape index (κ3) is 4.46. The monoisotopic (exact) mass is 411 g/mol. The number of carbonyl (C=O) groups is 2. The first-order chi connectivity index (χ1) is 13.8. The van der Waals surface area contributed by atoms with Crippen LogP contribution in [-0.4, -0.2) is 55.9 Å². The smallest absolute Gasteiger partial charge is 0.260 e. The lowest BCUT2D eigenvalue weighted by atomic mass is 10.1. The molecule has 0 bridgehead atoms. The van der Waals surface area contributed by atoms with E-state index in [0.29, 0.717) is 35.1 Å². The van der Waals surface area contributed by atoms with Crippen LogP contribution in [-0.2, 0) is 0 Å². The highest BCUT2D eigenvalue weighted by atomic mass is 32.1. The molecule has 1 amide bonds. The molecule has 0 aliphatic carbocycles. The Morgan fingerprint density at radius 3 is 2.28 bits per heavy atom. The first-order valence-electron chi connectivity index (χ1n) is 9.33. The van der Waals surface area contributed by atoms with Gasteiger partial charge in [0.2, 0.25) is 0 Å². The summed E-state index contributed by atoms with van der Waals surface area (Å²) >= 11 is 1.49. The molecular formula is C22H25N3O3S. The molecule has 0 saturated heterocycles. The van der Waals surface area contributed by atoms with Gasteiger partial charge in [0.25, 0.3) is 5.91 Å². The molecular weight excluding hydrogens is 386 g/mol. The molecule has 0 radical (unpaired) electrons. The van der Waals surface area contributed by atoms with Gasteiger partial charge in [0.05, 0.1) is 11.8 Å². The fourth-order valence-electron chi connectivity index (χ4n) is 2.97. The van der Waals surface area contributed by atoms with Gasteiger partial charge >= 0.3 is 0 Å². The van der Waals surface area contributed by atoms with E-state index in [9.17, 15) is 9.59 Å². The summed E-state index contributed by atoms with van der Waals surface area (Å²) in [5.41, 5.74) is 2.97. The summed E-state index contributed by atoms with van der Waals surface area (Å²) in [6, 6.07) is 10.7. The zero-order valence-electron chi connectivity index (χ0n) is 17.4. The van der Waals surface area contributed by atoms with Crippen molar-refractivity contribution >= 4 is 38.4 Å². The molecule has 0 spiro atoms. The number of ether oxygens (including phenoxy) is 1. The van der Waals surface area contributed by atoms with E-state index in [1.165, 1.54) is 18.3 Å². The standard InChI is InChI=1S/C22H25N3O3S/c1-14-6-11-18(28-5)19-20(14)29-22(23-19)25(13-12-24(3)4)21(27)17-9-7-16(8-10-17)15(2)26/h6-11H,12-13H2,1-5H3. The van der Waals surface area contributed by atoms with Gasteiger partial charge in [0, 0.05) is 24.2 Å². The number of methoxy groups -OCH3 is 1. The maximum absolute atomic E-state index is 13.3. The highest BCUT2D eigenvalue weighted by Crippen LogP contribution is 2.36. The summed E-state index contributed by atoms with van der Waals surface area (Å²) in [6.45, 7) is 4.73. The van der Waals surface area contributed by atoms with Gasteiger partial charge in [-0.3, -0.25) is 14.5 Å². The van der Waals surface area contributed by atoms with E-state index in [-0.39, 0.29) is 11.7 Å². The van der Waals surface area contributed by atoms with E-state index < -0.39 is 0 Å². The van der Waals surface area contributed by atoms with Gasteiger partial charge in [-0.1, -0.05) is 29.5 Å². The van der Waals surface area contributed by atoms with Crippen LogP contribution in [0.4, 0.5) is 5.13 Å². The van der Waals surface area contributed by atoms with Gasteiger partial charge in [-0.05, 0) is 51.7 Å². The largest absolute Gasteiger partial charge is 0.494 e. The highest BCUT2D eigenvalue weighted by Gasteiger charge is 2.23. The molecule has 0 aliphatic heterocycles. The van der Waals surface area contributed by atoms with Crippen LogP contribution in [0.1, 0.15) is 33.2 Å². The topological polar surface area (TPSA) is 62.7 Å². The Morgan fingerprint density at radius 1 is 1.03 bits per heavy atom. The van der Waals surface area contributed by atoms with Crippen LogP contribution in [0.15, 0.2) is 36.4 Å². The Labute approximate surface area is 174 Å². The average Bonchev–Trinajstić information content (AvgIpc) is 3.14. The number of aryl methyl sites for hydroxylation is 1. The zero-order chi connectivity index (χ0) is 21.1. The molecule has 7 heteroatoms. The second-order valence-electron chi connectivity index (χ2n) is 7.15. The van der Waals surface area contributed by atoms with Gasteiger partial charge in [0.1, 0.15) is 11.3 Å². The minimum Gasteiger partial charge on any atom is -0.494 e. The SMILES string of the molecule is COc1ccc(C)c2sc(N(CCN(C)C)C(=O)c3ccc(C(C)=O)cc3)nc12. The number of Topliss-reactive ketones (excluding diaryl/α,β-unsaturated/α-hetero) is 1. The van der Waals surface area contributed by atoms with Crippen molar-refractivity contribution in [1.29, 1.82) is 0 Å². The van der Waals surface area contributed by atoms with Gasteiger partial charge in [-0.25, -0.2) is 4.98 Å². The van der Waals surface area contributed by atoms with Crippen molar-refractivity contribution in [3.63, 3.8) is 0 Å². The van der Waals surface area contributed by atoms with Crippen molar-refractivity contribution in [1.82, 2.24) is 9.88 Å². The van der Waals surface area contributed by atoms with Gasteiger partial charge in [-0.15, -0.1) is 0 Å². The molecule has 3 rings (SSSR count). The lowest BCUT2D eigenvalue weighted by molar-refractivity contribution is 0.0981. The Balaban J connectivity index is 2.03. The Bertz CT molecular complexity index is 1040. The number of likely N-dealkylation sites (N-methyl/N-ethyl adjacent to an activating group) is 1. The Hall–Kier alpha value is -2.77. The van der Waals surface area contributed by atoms with E-state index in [1.54, 1.807) is 36.3 Å². The second kappa shape index (κ2) is 8.71. The number of hydrogen-bond donors (Lipinski definition) is 0. The molecule has 0 unspecified atom stereocenters. The molecule has 0 aliphatic rings. The molecule has 152 valence electrons. The minimum atomic E-state index is -0.141. The van der Waals surface area contributed by atoms with Crippen molar-refractivity contribution in [3.05, 3.63) is 53.1 Å². The van der Waals surface area contributed by atoms with Gasteiger partial charge < -0.3 is 9.64 Å². The summed E-state index contributed by atoms with van der Waals surface area (Å²) in [6.07, 6.45) is 0. The van der Waals surface area contributed by atoms with Crippen molar-refractivity contribution in [3.8, 4) is 5.75 Å². The fourth-order valence-corrected chi connectivity index (χ4v) is 4.04. The van der Waals surface area contributed by atoms with Crippen LogP contribution >= 0.6 is 11.3 Å². The van der Waals surface area contributed by atoms with Crippen LogP contribution < -0.4 is 9.64 Å². The van der Waals surface area contributed by atoms with Crippen LogP contribution in [0.5, 0.6) is 5.75 Å². The van der Waals surface area contributed by atoms with E-state index in [2.05, 4.69) is 0 Å². The summed E-state index contributed by atoms with van der Waals surface area (Å²) in [5.74, 6) is 0.527. The van der Waals surface area contributed by atoms with Crippen molar-refractivity contribution in [2.75, 3.05) is 39.2 Å². The minimum absolute atomic E-state index is 0.0257. The molecule has 0 atom stereocenters. The van der Waals surface area contributed by atoms with Gasteiger partial charge in [-0.2, -0.15) is 0 Å². The summed E-state index contributed by atoms with van der Waals surface area (Å²) in [4.78, 5) is 33.3. The van der Waals surface area contributed by atoms with E-state index in [4.69, 9.17) is 9.72 Å². The van der Waals surface area contributed by atoms with E-state index >= 15 is 0 Å². The molecule has 2 aromatic carbocycles. The maximum atomic E-state index is 13.3. The highest BCUT2D eigenvalue weighted by molar-refractivity contribution is 7.22. The number of nitrogens with zero attached hydrogens (tertiary/aromatic N) is 3. The van der Waals surface area contributed by atoms with Crippen LogP contribution in [0, 0.1) is 6.92 Å². The molecule has 6 nitrogen and oxygen atoms in total. The number of fused-ring (bicyclic) bond motifs is 1. The zero-order valence-corrected chi connectivity index (χ0v) is 18.2. The number of carbonyl (C=O) groups excluding carboxylic acids is 2. The lowest BCUT2D eigenvalue weighted by Gasteiger charge is -2.22. The molecule has 29 heavy (non-hydrogen) atoms. The van der Waals surface area contributed by atoms with E-state index in [0.717, 1.165) is 15.8 Å². The van der Waals surface area contributed by atoms with Crippen molar-refractivity contribution in [2.24, 2.45) is 0 Å².